The van der Waals surface area contributed by atoms with Gasteiger partial charge in [-0.25, -0.2) is 12.7 Å². The van der Waals surface area contributed by atoms with Gasteiger partial charge in [0.05, 0.1) is 12.9 Å². The van der Waals surface area contributed by atoms with Gasteiger partial charge in [-0.15, -0.1) is 0 Å². The Hall–Kier alpha value is -1.44. The second-order valence-corrected chi connectivity index (χ2v) is 9.14. The summed E-state index contributed by atoms with van der Waals surface area (Å²) in [6.07, 6.45) is 1.91. The predicted octanol–water partition coefficient (Wildman–Crippen LogP) is 0.711. The van der Waals surface area contributed by atoms with Crippen LogP contribution >= 0.6 is 0 Å². The summed E-state index contributed by atoms with van der Waals surface area (Å²) in [5, 5.41) is 9.98. The van der Waals surface area contributed by atoms with Crippen LogP contribution in [0.25, 0.3) is 0 Å². The van der Waals surface area contributed by atoms with E-state index in [0.29, 0.717) is 31.6 Å². The molecule has 0 bridgehead atoms. The molecule has 2 atom stereocenters. The summed E-state index contributed by atoms with van der Waals surface area (Å²) in [4.78, 5) is 14.5. The second kappa shape index (κ2) is 6.13. The highest BCUT2D eigenvalue weighted by atomic mass is 32.2. The van der Waals surface area contributed by atoms with E-state index in [-0.39, 0.29) is 25.0 Å². The maximum absolute atomic E-state index is 12.7. The molecular weight excluding hydrogens is 328 g/mol. The molecular formula is C17H24N2O4S. The summed E-state index contributed by atoms with van der Waals surface area (Å²) >= 11 is 0. The normalized spacial score (nSPS) is 28.0. The third-order valence-corrected chi connectivity index (χ3v) is 6.62. The molecule has 2 aliphatic rings. The number of rotatable bonds is 3. The summed E-state index contributed by atoms with van der Waals surface area (Å²) in [5.74, 6) is 0.0402. The van der Waals surface area contributed by atoms with Crippen molar-refractivity contribution in [2.75, 3.05) is 39.0 Å². The first-order valence-electron chi connectivity index (χ1n) is 8.17. The summed E-state index contributed by atoms with van der Waals surface area (Å²) < 4.78 is 25.2. The molecule has 6 nitrogen and oxygen atoms in total. The molecule has 7 heteroatoms. The van der Waals surface area contributed by atoms with E-state index >= 15 is 0 Å². The number of hydrogen-bond acceptors (Lipinski definition) is 4. The van der Waals surface area contributed by atoms with Crippen LogP contribution in [-0.2, 0) is 10.0 Å². The average Bonchev–Trinajstić information content (AvgIpc) is 2.94. The van der Waals surface area contributed by atoms with Crippen molar-refractivity contribution in [1.29, 1.82) is 0 Å². The van der Waals surface area contributed by atoms with Crippen LogP contribution in [0.4, 0.5) is 0 Å². The molecule has 2 fully saturated rings. The minimum atomic E-state index is -3.28. The fourth-order valence-electron chi connectivity index (χ4n) is 3.87. The molecule has 1 N–H and O–H groups in total. The molecule has 2 aliphatic heterocycles. The number of benzene rings is 1. The van der Waals surface area contributed by atoms with E-state index < -0.39 is 15.4 Å². The molecule has 24 heavy (non-hydrogen) atoms. The van der Waals surface area contributed by atoms with Gasteiger partial charge in [-0.2, -0.15) is 0 Å². The minimum absolute atomic E-state index is 0.0564. The van der Waals surface area contributed by atoms with Crippen LogP contribution < -0.4 is 0 Å². The first-order chi connectivity index (χ1) is 11.2. The van der Waals surface area contributed by atoms with Gasteiger partial charge in [0, 0.05) is 37.2 Å². The predicted molar refractivity (Wildman–Crippen MR) is 91.1 cm³/mol. The van der Waals surface area contributed by atoms with Gasteiger partial charge < -0.3 is 10.0 Å². The van der Waals surface area contributed by atoms with Gasteiger partial charge in [0.25, 0.3) is 5.91 Å². The zero-order valence-electron chi connectivity index (χ0n) is 14.1. The van der Waals surface area contributed by atoms with Crippen molar-refractivity contribution >= 4 is 15.9 Å². The van der Waals surface area contributed by atoms with Gasteiger partial charge in [-0.3, -0.25) is 4.79 Å². The van der Waals surface area contributed by atoms with Crippen LogP contribution in [-0.4, -0.2) is 67.7 Å². The van der Waals surface area contributed by atoms with E-state index in [1.165, 1.54) is 10.6 Å². The number of piperidine rings is 1. The van der Waals surface area contributed by atoms with Crippen LogP contribution in [0, 0.1) is 18.3 Å². The highest BCUT2D eigenvalue weighted by Crippen LogP contribution is 2.42. The summed E-state index contributed by atoms with van der Waals surface area (Å²) in [5.41, 5.74) is 1.17. The third kappa shape index (κ3) is 3.08. The Bertz CT molecular complexity index is 731. The Morgan fingerprint density at radius 1 is 1.29 bits per heavy atom. The van der Waals surface area contributed by atoms with E-state index in [2.05, 4.69) is 0 Å². The van der Waals surface area contributed by atoms with E-state index in [1.54, 1.807) is 4.90 Å². The fourth-order valence-corrected chi connectivity index (χ4v) is 4.81. The lowest BCUT2D eigenvalue weighted by molar-refractivity contribution is 0.0129. The molecule has 1 aromatic carbocycles. The second-order valence-electron chi connectivity index (χ2n) is 7.15. The molecule has 0 radical (unpaired) electrons. The van der Waals surface area contributed by atoms with Crippen LogP contribution in [0.3, 0.4) is 0 Å². The van der Waals surface area contributed by atoms with E-state index in [9.17, 15) is 18.3 Å². The summed E-state index contributed by atoms with van der Waals surface area (Å²) in [7, 11) is -3.28. The third-order valence-electron chi connectivity index (χ3n) is 5.40. The molecule has 2 heterocycles. The number of fused-ring (bicyclic) bond motifs is 1. The number of carbonyl (C=O) groups is 1. The molecule has 2 saturated heterocycles. The molecule has 0 aliphatic carbocycles. The van der Waals surface area contributed by atoms with Gasteiger partial charge in [0.2, 0.25) is 10.0 Å². The van der Waals surface area contributed by atoms with Crippen LogP contribution in [0.2, 0.25) is 0 Å². The number of amides is 1. The standard InChI is InChI=1S/C17H24N2O4S/c1-13-3-5-14(6-4-13)16(21)18-8-7-15-9-19(24(2,22)23)11-17(15,10-18)12-20/h3-6,15,20H,7-12H2,1-2H3/t15-,17+/m0/s1. The fraction of sp³-hybridized carbons (Fsp3) is 0.588. The first-order valence-corrected chi connectivity index (χ1v) is 10.0. The summed E-state index contributed by atoms with van der Waals surface area (Å²) in [6.45, 7) is 3.57. The van der Waals surface area contributed by atoms with Crippen LogP contribution in [0.5, 0.6) is 0 Å². The van der Waals surface area contributed by atoms with Gasteiger partial charge >= 0.3 is 0 Å². The van der Waals surface area contributed by atoms with E-state index in [4.69, 9.17) is 0 Å². The zero-order valence-corrected chi connectivity index (χ0v) is 14.9. The molecule has 0 aromatic heterocycles. The SMILES string of the molecule is Cc1ccc(C(=O)N2CC[C@H]3CN(S(C)(=O)=O)C[C@@]3(CO)C2)cc1. The Morgan fingerprint density at radius 2 is 1.96 bits per heavy atom. The van der Waals surface area contributed by atoms with Gasteiger partial charge in [0.15, 0.2) is 0 Å². The Balaban J connectivity index is 1.81. The van der Waals surface area contributed by atoms with Crippen molar-refractivity contribution in [3.8, 4) is 0 Å². The van der Waals surface area contributed by atoms with Crippen LogP contribution in [0.15, 0.2) is 24.3 Å². The van der Waals surface area contributed by atoms with Gasteiger partial charge in [-0.1, -0.05) is 17.7 Å². The maximum Gasteiger partial charge on any atom is 0.253 e. The highest BCUT2D eigenvalue weighted by Gasteiger charge is 2.52. The van der Waals surface area contributed by atoms with E-state index in [0.717, 1.165) is 5.56 Å². The van der Waals surface area contributed by atoms with Crippen molar-refractivity contribution < 1.29 is 18.3 Å². The lowest BCUT2D eigenvalue weighted by Crippen LogP contribution is -2.52. The monoisotopic (exact) mass is 352 g/mol. The number of aliphatic hydroxyl groups excluding tert-OH is 1. The number of aryl methyl sites for hydroxylation is 1. The van der Waals surface area contributed by atoms with Gasteiger partial charge in [0.1, 0.15) is 0 Å². The maximum atomic E-state index is 12.7. The lowest BCUT2D eigenvalue weighted by Gasteiger charge is -2.43. The highest BCUT2D eigenvalue weighted by molar-refractivity contribution is 7.88. The van der Waals surface area contributed by atoms with Crippen molar-refractivity contribution in [3.05, 3.63) is 35.4 Å². The topological polar surface area (TPSA) is 77.9 Å². The molecule has 1 amide bonds. The van der Waals surface area contributed by atoms with Crippen molar-refractivity contribution in [2.45, 2.75) is 13.3 Å². The Morgan fingerprint density at radius 3 is 2.54 bits per heavy atom. The molecule has 132 valence electrons. The molecule has 3 rings (SSSR count). The largest absolute Gasteiger partial charge is 0.396 e. The number of likely N-dealkylation sites (tertiary alicyclic amines) is 1. The quantitative estimate of drug-likeness (QED) is 0.869. The number of nitrogens with zero attached hydrogens (tertiary/aromatic N) is 2. The van der Waals surface area contributed by atoms with E-state index in [1.807, 2.05) is 31.2 Å². The zero-order chi connectivity index (χ0) is 17.5. The first kappa shape index (κ1) is 17.4. The molecule has 0 spiro atoms. The molecule has 1 aromatic rings. The number of aliphatic hydroxyl groups is 1. The number of sulfonamides is 1. The minimum Gasteiger partial charge on any atom is -0.396 e. The van der Waals surface area contributed by atoms with Gasteiger partial charge in [-0.05, 0) is 31.4 Å². The van der Waals surface area contributed by atoms with Crippen molar-refractivity contribution in [3.63, 3.8) is 0 Å². The lowest BCUT2D eigenvalue weighted by atomic mass is 9.74. The average molecular weight is 352 g/mol. The van der Waals surface area contributed by atoms with Crippen molar-refractivity contribution in [1.82, 2.24) is 9.21 Å². The summed E-state index contributed by atoms with van der Waals surface area (Å²) in [6, 6.07) is 7.44. The number of hydrogen-bond donors (Lipinski definition) is 1. The van der Waals surface area contributed by atoms with Crippen LogP contribution in [0.1, 0.15) is 22.3 Å². The smallest absolute Gasteiger partial charge is 0.253 e. The Labute approximate surface area is 143 Å². The number of carbonyl (C=O) groups excluding carboxylic acids is 1. The Kier molecular flexibility index (Phi) is 4.44. The molecule has 0 unspecified atom stereocenters. The van der Waals surface area contributed by atoms with Crippen molar-refractivity contribution in [2.24, 2.45) is 11.3 Å². The molecule has 0 saturated carbocycles.